The van der Waals surface area contributed by atoms with Gasteiger partial charge in [0.1, 0.15) is 11.8 Å². The van der Waals surface area contributed by atoms with Crippen LogP contribution in [-0.4, -0.2) is 16.2 Å². The molecule has 2 aromatic rings. The van der Waals surface area contributed by atoms with Crippen molar-refractivity contribution in [2.24, 2.45) is 0 Å². The van der Waals surface area contributed by atoms with E-state index in [1.54, 1.807) is 12.1 Å². The molecule has 0 saturated carbocycles. The van der Waals surface area contributed by atoms with Crippen molar-refractivity contribution in [2.45, 2.75) is 19.5 Å². The number of hydrogen-bond acceptors (Lipinski definition) is 3. The Hall–Kier alpha value is -2.33. The van der Waals surface area contributed by atoms with E-state index >= 15 is 0 Å². The van der Waals surface area contributed by atoms with Crippen LogP contribution >= 0.6 is 0 Å². The number of carboxylic acids is 1. The Morgan fingerprint density at radius 3 is 2.50 bits per heavy atom. The van der Waals surface area contributed by atoms with Crippen LogP contribution in [-0.2, 0) is 11.3 Å². The van der Waals surface area contributed by atoms with Gasteiger partial charge in [-0.25, -0.2) is 0 Å². The molecule has 0 saturated heterocycles. The van der Waals surface area contributed by atoms with E-state index in [0.29, 0.717) is 12.1 Å². The fourth-order valence-corrected chi connectivity index (χ4v) is 1.98. The van der Waals surface area contributed by atoms with E-state index in [1.165, 1.54) is 12.1 Å². The largest absolute Gasteiger partial charge is 0.508 e. The summed E-state index contributed by atoms with van der Waals surface area (Å²) in [6, 6.07) is 13.3. The molecule has 0 aliphatic carbocycles. The number of aryl methyl sites for hydroxylation is 1. The number of phenolic OH excluding ortho intramolecular Hbond substituents is 1. The van der Waals surface area contributed by atoms with E-state index in [4.69, 9.17) is 0 Å². The molecule has 0 radical (unpaired) electrons. The van der Waals surface area contributed by atoms with E-state index in [2.05, 4.69) is 5.32 Å². The maximum absolute atomic E-state index is 11.3. The number of carboxylic acid groups (broad SMARTS) is 1. The molecule has 1 atom stereocenters. The predicted octanol–water partition coefficient (Wildman–Crippen LogP) is 2.62. The van der Waals surface area contributed by atoms with Crippen LogP contribution in [0.4, 0.5) is 0 Å². The molecule has 2 rings (SSSR count). The highest BCUT2D eigenvalue weighted by atomic mass is 16.4. The molecular formula is C16H17NO3. The van der Waals surface area contributed by atoms with Crippen molar-refractivity contribution in [3.63, 3.8) is 0 Å². The van der Waals surface area contributed by atoms with Gasteiger partial charge in [0.15, 0.2) is 0 Å². The van der Waals surface area contributed by atoms with Crippen LogP contribution in [0.5, 0.6) is 5.75 Å². The lowest BCUT2D eigenvalue weighted by molar-refractivity contribution is -0.139. The molecule has 2 aromatic carbocycles. The summed E-state index contributed by atoms with van der Waals surface area (Å²) in [5, 5.41) is 21.7. The second-order valence-electron chi connectivity index (χ2n) is 4.73. The average molecular weight is 271 g/mol. The Kier molecular flexibility index (Phi) is 4.38. The lowest BCUT2D eigenvalue weighted by Crippen LogP contribution is -2.28. The summed E-state index contributed by atoms with van der Waals surface area (Å²) in [6.45, 7) is 2.46. The monoisotopic (exact) mass is 271 g/mol. The fourth-order valence-electron chi connectivity index (χ4n) is 1.98. The Balaban J connectivity index is 2.10. The smallest absolute Gasteiger partial charge is 0.325 e. The van der Waals surface area contributed by atoms with E-state index in [0.717, 1.165) is 11.1 Å². The van der Waals surface area contributed by atoms with Crippen molar-refractivity contribution in [3.8, 4) is 5.75 Å². The molecule has 0 heterocycles. The first-order valence-corrected chi connectivity index (χ1v) is 6.37. The second-order valence-corrected chi connectivity index (χ2v) is 4.73. The number of phenols is 1. The van der Waals surface area contributed by atoms with Gasteiger partial charge < -0.3 is 10.2 Å². The van der Waals surface area contributed by atoms with Gasteiger partial charge in [-0.1, -0.05) is 42.0 Å². The minimum atomic E-state index is -0.970. The number of hydrogen-bond donors (Lipinski definition) is 3. The quantitative estimate of drug-likeness (QED) is 0.782. The van der Waals surface area contributed by atoms with Gasteiger partial charge in [-0.15, -0.1) is 0 Å². The van der Waals surface area contributed by atoms with Crippen LogP contribution in [0.15, 0.2) is 48.5 Å². The third-order valence-corrected chi connectivity index (χ3v) is 3.08. The summed E-state index contributed by atoms with van der Waals surface area (Å²) < 4.78 is 0. The minimum Gasteiger partial charge on any atom is -0.508 e. The Morgan fingerprint density at radius 1 is 1.20 bits per heavy atom. The highest BCUT2D eigenvalue weighted by Crippen LogP contribution is 2.19. The molecule has 3 N–H and O–H groups in total. The summed E-state index contributed by atoms with van der Waals surface area (Å²) in [5.74, 6) is -0.909. The van der Waals surface area contributed by atoms with Crippen molar-refractivity contribution in [3.05, 3.63) is 65.2 Å². The molecule has 0 fully saturated rings. The van der Waals surface area contributed by atoms with Crippen molar-refractivity contribution in [1.29, 1.82) is 0 Å². The molecular weight excluding hydrogens is 254 g/mol. The molecule has 0 aliphatic heterocycles. The summed E-state index contributed by atoms with van der Waals surface area (Å²) in [4.78, 5) is 11.3. The fraction of sp³-hybridized carbons (Fsp3) is 0.188. The van der Waals surface area contributed by atoms with Crippen molar-refractivity contribution < 1.29 is 15.0 Å². The van der Waals surface area contributed by atoms with Crippen molar-refractivity contribution >= 4 is 5.97 Å². The number of aliphatic carboxylic acids is 1. The topological polar surface area (TPSA) is 69.6 Å². The van der Waals surface area contributed by atoms with Crippen LogP contribution in [0.2, 0.25) is 0 Å². The van der Waals surface area contributed by atoms with Gasteiger partial charge in [0, 0.05) is 6.54 Å². The minimum absolute atomic E-state index is 0.0610. The van der Waals surface area contributed by atoms with Gasteiger partial charge in [0.05, 0.1) is 0 Å². The maximum atomic E-state index is 11.3. The first kappa shape index (κ1) is 14.1. The van der Waals surface area contributed by atoms with Gasteiger partial charge >= 0.3 is 5.97 Å². The Morgan fingerprint density at radius 2 is 1.90 bits per heavy atom. The molecule has 0 spiro atoms. The van der Waals surface area contributed by atoms with E-state index in [1.807, 2.05) is 31.2 Å². The van der Waals surface area contributed by atoms with E-state index in [-0.39, 0.29) is 5.75 Å². The molecule has 0 amide bonds. The zero-order valence-electron chi connectivity index (χ0n) is 11.2. The first-order valence-electron chi connectivity index (χ1n) is 6.37. The summed E-state index contributed by atoms with van der Waals surface area (Å²) in [7, 11) is 0. The van der Waals surface area contributed by atoms with E-state index < -0.39 is 12.0 Å². The summed E-state index contributed by atoms with van der Waals surface area (Å²) in [6.07, 6.45) is 0. The summed E-state index contributed by atoms with van der Waals surface area (Å²) >= 11 is 0. The van der Waals surface area contributed by atoms with Gasteiger partial charge in [0.2, 0.25) is 0 Å². The Labute approximate surface area is 117 Å². The normalized spacial score (nSPS) is 12.1. The van der Waals surface area contributed by atoms with Crippen LogP contribution in [0, 0.1) is 6.92 Å². The predicted molar refractivity (Wildman–Crippen MR) is 76.5 cm³/mol. The molecule has 20 heavy (non-hydrogen) atoms. The van der Waals surface area contributed by atoms with Crippen molar-refractivity contribution in [1.82, 2.24) is 5.32 Å². The second kappa shape index (κ2) is 6.21. The number of carbonyl (C=O) groups is 1. The summed E-state index contributed by atoms with van der Waals surface area (Å²) in [5.41, 5.74) is 2.71. The molecule has 104 valence electrons. The molecule has 0 bridgehead atoms. The molecule has 0 aromatic heterocycles. The number of rotatable bonds is 5. The number of nitrogens with one attached hydrogen (secondary N) is 1. The third kappa shape index (κ3) is 3.59. The first-order chi connectivity index (χ1) is 9.56. The zero-order valence-corrected chi connectivity index (χ0v) is 11.2. The molecule has 4 heteroatoms. The van der Waals surface area contributed by atoms with Gasteiger partial charge in [-0.05, 0) is 30.2 Å². The van der Waals surface area contributed by atoms with Crippen LogP contribution in [0.25, 0.3) is 0 Å². The van der Waals surface area contributed by atoms with Gasteiger partial charge in [0.25, 0.3) is 0 Å². The highest BCUT2D eigenvalue weighted by Gasteiger charge is 2.19. The van der Waals surface area contributed by atoms with Crippen molar-refractivity contribution in [2.75, 3.05) is 0 Å². The number of aromatic hydroxyl groups is 1. The van der Waals surface area contributed by atoms with Crippen LogP contribution < -0.4 is 5.32 Å². The van der Waals surface area contributed by atoms with Gasteiger partial charge in [-0.2, -0.15) is 0 Å². The standard InChI is InChI=1S/C16H17NO3/c1-11-5-7-12(8-6-11)10-17-15(16(19)20)13-3-2-4-14(18)9-13/h2-9,15,17-18H,10H2,1H3,(H,19,20). The zero-order chi connectivity index (χ0) is 14.5. The van der Waals surface area contributed by atoms with Gasteiger partial charge in [-0.3, -0.25) is 10.1 Å². The van der Waals surface area contributed by atoms with Crippen LogP contribution in [0.3, 0.4) is 0 Å². The highest BCUT2D eigenvalue weighted by molar-refractivity contribution is 5.75. The van der Waals surface area contributed by atoms with E-state index in [9.17, 15) is 15.0 Å². The molecule has 4 nitrogen and oxygen atoms in total. The lowest BCUT2D eigenvalue weighted by atomic mass is 10.1. The maximum Gasteiger partial charge on any atom is 0.325 e. The third-order valence-electron chi connectivity index (χ3n) is 3.08. The van der Waals surface area contributed by atoms with Crippen LogP contribution in [0.1, 0.15) is 22.7 Å². The molecule has 0 aliphatic rings. The molecule has 1 unspecified atom stereocenters. The average Bonchev–Trinajstić information content (AvgIpc) is 2.41. The number of benzene rings is 2. The SMILES string of the molecule is Cc1ccc(CNC(C(=O)O)c2cccc(O)c2)cc1. The Bertz CT molecular complexity index is 593. The lowest BCUT2D eigenvalue weighted by Gasteiger charge is -2.15.